The first-order valence-corrected chi connectivity index (χ1v) is 5.92. The van der Waals surface area contributed by atoms with Gasteiger partial charge in [0.2, 0.25) is 5.91 Å². The molecular weight excluding hydrogens is 263 g/mol. The number of hydrogen-bond donors (Lipinski definition) is 1. The molecule has 0 aromatic carbocycles. The number of alkyl halides is 3. The first kappa shape index (κ1) is 17.7. The lowest BCUT2D eigenvalue weighted by atomic mass is 9.85. The number of carboxylic acids is 1. The third-order valence-electron chi connectivity index (χ3n) is 2.55. The molecule has 0 saturated carbocycles. The van der Waals surface area contributed by atoms with Crippen molar-refractivity contribution in [3.8, 4) is 0 Å². The largest absolute Gasteiger partial charge is 0.481 e. The molecule has 0 bridgehead atoms. The Hall–Kier alpha value is -1.27. The van der Waals surface area contributed by atoms with Crippen LogP contribution >= 0.6 is 0 Å². The maximum absolute atomic E-state index is 12.4. The summed E-state index contributed by atoms with van der Waals surface area (Å²) in [6, 6.07) is -0.588. The number of halogens is 3. The molecule has 0 aromatic rings. The lowest BCUT2D eigenvalue weighted by Crippen LogP contribution is -2.44. The number of carbonyl (C=O) groups is 2. The SMILES string of the molecule is CC(C)N(CC(F)(F)F)C(=O)CC(C)(C)CC(=O)O. The van der Waals surface area contributed by atoms with Gasteiger partial charge in [-0.05, 0) is 19.3 Å². The van der Waals surface area contributed by atoms with Crippen LogP contribution in [0.25, 0.3) is 0 Å². The van der Waals surface area contributed by atoms with Crippen molar-refractivity contribution in [2.75, 3.05) is 6.54 Å². The zero-order valence-corrected chi connectivity index (χ0v) is 11.5. The Bertz CT molecular complexity index is 338. The molecule has 1 N–H and O–H groups in total. The van der Waals surface area contributed by atoms with Crippen LogP contribution < -0.4 is 0 Å². The van der Waals surface area contributed by atoms with Gasteiger partial charge in [-0.15, -0.1) is 0 Å². The Labute approximate surface area is 110 Å². The molecule has 0 atom stereocenters. The molecule has 19 heavy (non-hydrogen) atoms. The van der Waals surface area contributed by atoms with Gasteiger partial charge in [0.05, 0.1) is 6.42 Å². The van der Waals surface area contributed by atoms with E-state index in [1.807, 2.05) is 0 Å². The third-order valence-corrected chi connectivity index (χ3v) is 2.55. The average molecular weight is 283 g/mol. The molecule has 0 spiro atoms. The topological polar surface area (TPSA) is 57.6 Å². The van der Waals surface area contributed by atoms with E-state index in [9.17, 15) is 22.8 Å². The Morgan fingerprint density at radius 1 is 1.16 bits per heavy atom. The number of aliphatic carboxylic acids is 1. The number of carboxylic acid groups (broad SMARTS) is 1. The molecule has 4 nitrogen and oxygen atoms in total. The zero-order chi connectivity index (χ0) is 15.4. The Balaban J connectivity index is 4.79. The highest BCUT2D eigenvalue weighted by Crippen LogP contribution is 2.27. The smallest absolute Gasteiger partial charge is 0.406 e. The molecule has 7 heteroatoms. The van der Waals surface area contributed by atoms with Crippen molar-refractivity contribution in [1.82, 2.24) is 4.90 Å². The van der Waals surface area contributed by atoms with Crippen LogP contribution in [0.4, 0.5) is 13.2 Å². The van der Waals surface area contributed by atoms with Gasteiger partial charge in [0.1, 0.15) is 6.54 Å². The van der Waals surface area contributed by atoms with Crippen LogP contribution in [0.5, 0.6) is 0 Å². The fourth-order valence-electron chi connectivity index (χ4n) is 1.73. The second-order valence-corrected chi connectivity index (χ2v) is 5.64. The zero-order valence-electron chi connectivity index (χ0n) is 11.5. The molecule has 0 heterocycles. The normalized spacial score (nSPS) is 12.6. The lowest BCUT2D eigenvalue weighted by molar-refractivity contribution is -0.166. The van der Waals surface area contributed by atoms with Crippen LogP contribution in [-0.4, -0.2) is 40.6 Å². The highest BCUT2D eigenvalue weighted by atomic mass is 19.4. The van der Waals surface area contributed by atoms with Crippen LogP contribution in [0.3, 0.4) is 0 Å². The van der Waals surface area contributed by atoms with Crippen molar-refractivity contribution in [2.45, 2.75) is 52.8 Å². The van der Waals surface area contributed by atoms with E-state index in [-0.39, 0.29) is 12.8 Å². The number of amides is 1. The Morgan fingerprint density at radius 2 is 1.63 bits per heavy atom. The van der Waals surface area contributed by atoms with Crippen LogP contribution in [0.15, 0.2) is 0 Å². The first-order valence-electron chi connectivity index (χ1n) is 5.92. The molecule has 112 valence electrons. The monoisotopic (exact) mass is 283 g/mol. The predicted molar refractivity (Wildman–Crippen MR) is 63.6 cm³/mol. The first-order chi connectivity index (χ1) is 8.34. The summed E-state index contributed by atoms with van der Waals surface area (Å²) in [5, 5.41) is 8.69. The number of carbonyl (C=O) groups excluding carboxylic acids is 1. The highest BCUT2D eigenvalue weighted by molar-refractivity contribution is 5.78. The molecular formula is C12H20F3NO3. The maximum Gasteiger partial charge on any atom is 0.406 e. The number of hydrogen-bond acceptors (Lipinski definition) is 2. The lowest BCUT2D eigenvalue weighted by Gasteiger charge is -2.31. The minimum Gasteiger partial charge on any atom is -0.481 e. The van der Waals surface area contributed by atoms with Gasteiger partial charge in [-0.1, -0.05) is 13.8 Å². The summed E-state index contributed by atoms with van der Waals surface area (Å²) >= 11 is 0. The minimum absolute atomic E-state index is 0.229. The summed E-state index contributed by atoms with van der Waals surface area (Å²) in [6.45, 7) is 4.77. The number of nitrogens with zero attached hydrogens (tertiary/aromatic N) is 1. The summed E-state index contributed by atoms with van der Waals surface area (Å²) in [5.74, 6) is -1.76. The summed E-state index contributed by atoms with van der Waals surface area (Å²) in [7, 11) is 0. The molecule has 0 unspecified atom stereocenters. The van der Waals surface area contributed by atoms with Crippen LogP contribution in [0, 0.1) is 5.41 Å². The average Bonchev–Trinajstić information content (AvgIpc) is 2.08. The van der Waals surface area contributed by atoms with Crippen molar-refractivity contribution in [3.05, 3.63) is 0 Å². The van der Waals surface area contributed by atoms with Crippen molar-refractivity contribution >= 4 is 11.9 Å². The van der Waals surface area contributed by atoms with Crippen LogP contribution in [-0.2, 0) is 9.59 Å². The molecule has 0 aliphatic rings. The van der Waals surface area contributed by atoms with E-state index in [1.54, 1.807) is 13.8 Å². The van der Waals surface area contributed by atoms with Gasteiger partial charge in [0, 0.05) is 12.5 Å². The van der Waals surface area contributed by atoms with Gasteiger partial charge in [-0.25, -0.2) is 0 Å². The second-order valence-electron chi connectivity index (χ2n) is 5.64. The fourth-order valence-corrected chi connectivity index (χ4v) is 1.73. The predicted octanol–water partition coefficient (Wildman–Crippen LogP) is 2.68. The summed E-state index contributed by atoms with van der Waals surface area (Å²) in [6.07, 6.45) is -4.96. The molecule has 0 fully saturated rings. The van der Waals surface area contributed by atoms with E-state index in [0.29, 0.717) is 0 Å². The summed E-state index contributed by atoms with van der Waals surface area (Å²) < 4.78 is 37.1. The van der Waals surface area contributed by atoms with E-state index in [0.717, 1.165) is 4.90 Å². The van der Waals surface area contributed by atoms with E-state index in [4.69, 9.17) is 5.11 Å². The number of rotatable bonds is 6. The molecule has 1 amide bonds. The molecule has 0 aliphatic heterocycles. The van der Waals surface area contributed by atoms with Crippen molar-refractivity contribution in [1.29, 1.82) is 0 Å². The summed E-state index contributed by atoms with van der Waals surface area (Å²) in [5.41, 5.74) is -0.873. The molecule has 0 aromatic heterocycles. The molecule has 0 rings (SSSR count). The Kier molecular flexibility index (Phi) is 5.83. The van der Waals surface area contributed by atoms with E-state index in [2.05, 4.69) is 0 Å². The minimum atomic E-state index is -4.46. The fraction of sp³-hybridized carbons (Fsp3) is 0.833. The standard InChI is InChI=1S/C12H20F3NO3/c1-8(2)16(7-12(13,14)15)9(17)5-11(3,4)6-10(18)19/h8H,5-7H2,1-4H3,(H,18,19). The van der Waals surface area contributed by atoms with Crippen LogP contribution in [0.2, 0.25) is 0 Å². The van der Waals surface area contributed by atoms with Gasteiger partial charge < -0.3 is 10.0 Å². The van der Waals surface area contributed by atoms with E-state index >= 15 is 0 Å². The molecule has 0 saturated heterocycles. The van der Waals surface area contributed by atoms with Crippen molar-refractivity contribution in [2.24, 2.45) is 5.41 Å². The van der Waals surface area contributed by atoms with Gasteiger partial charge in [0.25, 0.3) is 0 Å². The Morgan fingerprint density at radius 3 is 1.95 bits per heavy atom. The van der Waals surface area contributed by atoms with Crippen molar-refractivity contribution < 1.29 is 27.9 Å². The highest BCUT2D eigenvalue weighted by Gasteiger charge is 2.36. The van der Waals surface area contributed by atoms with Gasteiger partial charge in [0.15, 0.2) is 0 Å². The summed E-state index contributed by atoms with van der Waals surface area (Å²) in [4.78, 5) is 23.2. The van der Waals surface area contributed by atoms with Crippen molar-refractivity contribution in [3.63, 3.8) is 0 Å². The van der Waals surface area contributed by atoms with Gasteiger partial charge in [-0.2, -0.15) is 13.2 Å². The maximum atomic E-state index is 12.4. The third kappa shape index (κ3) is 7.69. The van der Waals surface area contributed by atoms with E-state index in [1.165, 1.54) is 13.8 Å². The molecule has 0 radical (unpaired) electrons. The quantitative estimate of drug-likeness (QED) is 0.815. The second kappa shape index (κ2) is 6.25. The van der Waals surface area contributed by atoms with E-state index < -0.39 is 36.1 Å². The molecule has 0 aliphatic carbocycles. The van der Waals surface area contributed by atoms with Crippen LogP contribution in [0.1, 0.15) is 40.5 Å². The van der Waals surface area contributed by atoms with Gasteiger partial charge in [-0.3, -0.25) is 9.59 Å². The van der Waals surface area contributed by atoms with Gasteiger partial charge >= 0.3 is 12.1 Å².